The Morgan fingerprint density at radius 2 is 2.00 bits per heavy atom. The first-order valence-electron chi connectivity index (χ1n) is 5.24. The van der Waals surface area contributed by atoms with E-state index < -0.39 is 5.97 Å². The SMILES string of the molecule is O=C([O-])C1=NO[C@H]2CCCCCC[C@@H]12. The van der Waals surface area contributed by atoms with Crippen molar-refractivity contribution in [3.8, 4) is 0 Å². The van der Waals surface area contributed by atoms with Gasteiger partial charge in [0.15, 0.2) is 0 Å². The van der Waals surface area contributed by atoms with Crippen molar-refractivity contribution in [1.29, 1.82) is 0 Å². The summed E-state index contributed by atoms with van der Waals surface area (Å²) in [6.07, 6.45) is 6.36. The summed E-state index contributed by atoms with van der Waals surface area (Å²) in [7, 11) is 0. The molecule has 14 heavy (non-hydrogen) atoms. The highest BCUT2D eigenvalue weighted by Crippen LogP contribution is 2.30. The van der Waals surface area contributed by atoms with E-state index in [4.69, 9.17) is 4.84 Å². The number of oxime groups is 1. The molecule has 0 N–H and O–H groups in total. The lowest BCUT2D eigenvalue weighted by Gasteiger charge is -2.21. The van der Waals surface area contributed by atoms with E-state index in [-0.39, 0.29) is 17.7 Å². The van der Waals surface area contributed by atoms with Gasteiger partial charge in [0.05, 0.1) is 5.97 Å². The van der Waals surface area contributed by atoms with Crippen LogP contribution in [0.15, 0.2) is 5.16 Å². The fourth-order valence-electron chi connectivity index (χ4n) is 2.27. The van der Waals surface area contributed by atoms with E-state index in [1.807, 2.05) is 0 Å². The topological polar surface area (TPSA) is 61.7 Å². The van der Waals surface area contributed by atoms with Gasteiger partial charge in [0.2, 0.25) is 0 Å². The van der Waals surface area contributed by atoms with Gasteiger partial charge in [-0.3, -0.25) is 0 Å². The van der Waals surface area contributed by atoms with Gasteiger partial charge in [0, 0.05) is 5.92 Å². The molecule has 4 heteroatoms. The first-order valence-corrected chi connectivity index (χ1v) is 5.24. The minimum atomic E-state index is -1.17. The smallest absolute Gasteiger partial charge is 0.136 e. The van der Waals surface area contributed by atoms with Crippen LogP contribution in [0.4, 0.5) is 0 Å². The minimum Gasteiger partial charge on any atom is -0.543 e. The molecular formula is C10H14NO3-. The van der Waals surface area contributed by atoms with E-state index in [0.29, 0.717) is 0 Å². The maximum Gasteiger partial charge on any atom is 0.136 e. The third-order valence-corrected chi connectivity index (χ3v) is 3.05. The van der Waals surface area contributed by atoms with Gasteiger partial charge in [0.1, 0.15) is 11.8 Å². The number of carbonyl (C=O) groups excluding carboxylic acids is 1. The van der Waals surface area contributed by atoms with Crippen molar-refractivity contribution in [2.24, 2.45) is 11.1 Å². The predicted octanol–water partition coefficient (Wildman–Crippen LogP) is 0.461. The summed E-state index contributed by atoms with van der Waals surface area (Å²) in [5.74, 6) is -1.20. The van der Waals surface area contributed by atoms with Crippen LogP contribution in [-0.2, 0) is 9.63 Å². The molecule has 0 aromatic rings. The van der Waals surface area contributed by atoms with E-state index in [1.54, 1.807) is 0 Å². The summed E-state index contributed by atoms with van der Waals surface area (Å²) in [5.41, 5.74) is 0.122. The Hall–Kier alpha value is -1.06. The van der Waals surface area contributed by atoms with Crippen molar-refractivity contribution >= 4 is 11.7 Å². The monoisotopic (exact) mass is 196 g/mol. The first kappa shape index (κ1) is 9.49. The van der Waals surface area contributed by atoms with Crippen molar-refractivity contribution in [1.82, 2.24) is 0 Å². The van der Waals surface area contributed by atoms with Crippen molar-refractivity contribution in [3.05, 3.63) is 0 Å². The normalized spacial score (nSPS) is 32.1. The lowest BCUT2D eigenvalue weighted by molar-refractivity contribution is -0.294. The van der Waals surface area contributed by atoms with Crippen LogP contribution in [0.25, 0.3) is 0 Å². The lowest BCUT2D eigenvalue weighted by atomic mass is 9.86. The molecule has 1 heterocycles. The van der Waals surface area contributed by atoms with Gasteiger partial charge in [-0.15, -0.1) is 0 Å². The first-order chi connectivity index (χ1) is 6.79. The van der Waals surface area contributed by atoms with Gasteiger partial charge in [-0.05, 0) is 19.3 Å². The molecule has 0 saturated heterocycles. The van der Waals surface area contributed by atoms with Crippen LogP contribution >= 0.6 is 0 Å². The number of rotatable bonds is 1. The molecule has 0 aromatic carbocycles. The molecular weight excluding hydrogens is 182 g/mol. The quantitative estimate of drug-likeness (QED) is 0.612. The molecule has 2 atom stereocenters. The van der Waals surface area contributed by atoms with Crippen LogP contribution in [0, 0.1) is 5.92 Å². The number of aliphatic carboxylic acids is 1. The lowest BCUT2D eigenvalue weighted by Crippen LogP contribution is -2.38. The van der Waals surface area contributed by atoms with Gasteiger partial charge in [-0.1, -0.05) is 24.4 Å². The van der Waals surface area contributed by atoms with Crippen LogP contribution in [-0.4, -0.2) is 17.8 Å². The summed E-state index contributed by atoms with van der Waals surface area (Å²) >= 11 is 0. The molecule has 1 aliphatic heterocycles. The van der Waals surface area contributed by atoms with E-state index in [9.17, 15) is 9.90 Å². The standard InChI is InChI=1S/C10H15NO3/c12-10(13)9-7-5-3-1-2-4-6-8(7)14-11-9/h7-8H,1-6H2,(H,12,13)/p-1/t7-,8+/m1/s1. The fourth-order valence-corrected chi connectivity index (χ4v) is 2.27. The molecule has 0 bridgehead atoms. The number of carboxylic acid groups (broad SMARTS) is 1. The molecule has 2 rings (SSSR count). The molecule has 0 radical (unpaired) electrons. The molecule has 1 fully saturated rings. The van der Waals surface area contributed by atoms with Gasteiger partial charge < -0.3 is 14.7 Å². The number of fused-ring (bicyclic) bond motifs is 1. The number of hydrogen-bond donors (Lipinski definition) is 0. The highest BCUT2D eigenvalue weighted by Gasteiger charge is 2.34. The largest absolute Gasteiger partial charge is 0.543 e. The second kappa shape index (κ2) is 3.98. The van der Waals surface area contributed by atoms with Gasteiger partial charge in [-0.2, -0.15) is 0 Å². The summed E-state index contributed by atoms with van der Waals surface area (Å²) < 4.78 is 0. The van der Waals surface area contributed by atoms with Crippen molar-refractivity contribution < 1.29 is 14.7 Å². The predicted molar refractivity (Wildman–Crippen MR) is 48.5 cm³/mol. The zero-order chi connectivity index (χ0) is 9.97. The van der Waals surface area contributed by atoms with E-state index in [1.165, 1.54) is 12.8 Å². The molecule has 78 valence electrons. The van der Waals surface area contributed by atoms with Crippen LogP contribution in [0.2, 0.25) is 0 Å². The number of carboxylic acids is 1. The fraction of sp³-hybridized carbons (Fsp3) is 0.800. The highest BCUT2D eigenvalue weighted by molar-refractivity contribution is 6.35. The van der Waals surface area contributed by atoms with Crippen LogP contribution in [0.5, 0.6) is 0 Å². The van der Waals surface area contributed by atoms with Crippen molar-refractivity contribution in [3.63, 3.8) is 0 Å². The molecule has 4 nitrogen and oxygen atoms in total. The maximum atomic E-state index is 10.7. The van der Waals surface area contributed by atoms with E-state index in [2.05, 4.69) is 5.16 Å². The third kappa shape index (κ3) is 1.74. The molecule has 1 saturated carbocycles. The zero-order valence-electron chi connectivity index (χ0n) is 8.07. The van der Waals surface area contributed by atoms with Gasteiger partial charge in [0.25, 0.3) is 0 Å². The molecule has 1 aliphatic carbocycles. The molecule has 0 unspecified atom stereocenters. The van der Waals surface area contributed by atoms with Gasteiger partial charge >= 0.3 is 0 Å². The Balaban J connectivity index is 2.07. The number of carbonyl (C=O) groups is 1. The average Bonchev–Trinajstić information content (AvgIpc) is 2.47. The maximum absolute atomic E-state index is 10.7. The number of hydrogen-bond acceptors (Lipinski definition) is 4. The molecule has 0 spiro atoms. The third-order valence-electron chi connectivity index (χ3n) is 3.05. The van der Waals surface area contributed by atoms with Crippen molar-refractivity contribution in [2.75, 3.05) is 0 Å². The summed E-state index contributed by atoms with van der Waals surface area (Å²) in [4.78, 5) is 15.9. The van der Waals surface area contributed by atoms with Crippen LogP contribution in [0.1, 0.15) is 38.5 Å². The Kier molecular flexibility index (Phi) is 2.70. The zero-order valence-corrected chi connectivity index (χ0v) is 8.07. The van der Waals surface area contributed by atoms with Crippen molar-refractivity contribution in [2.45, 2.75) is 44.6 Å². The van der Waals surface area contributed by atoms with Gasteiger partial charge in [-0.25, -0.2) is 0 Å². The summed E-state index contributed by atoms with van der Waals surface area (Å²) in [5, 5.41) is 14.4. The minimum absolute atomic E-state index is 0.0109. The molecule has 2 aliphatic rings. The molecule has 0 amide bonds. The molecule has 0 aromatic heterocycles. The highest BCUT2D eigenvalue weighted by atomic mass is 16.6. The Bertz CT molecular complexity index is 262. The summed E-state index contributed by atoms with van der Waals surface area (Å²) in [6, 6.07) is 0. The second-order valence-electron chi connectivity index (χ2n) is 4.01. The van der Waals surface area contributed by atoms with Crippen LogP contribution in [0.3, 0.4) is 0 Å². The summed E-state index contributed by atoms with van der Waals surface area (Å²) in [6.45, 7) is 0. The Morgan fingerprint density at radius 1 is 1.29 bits per heavy atom. The van der Waals surface area contributed by atoms with E-state index in [0.717, 1.165) is 25.7 Å². The second-order valence-corrected chi connectivity index (χ2v) is 4.01. The average molecular weight is 196 g/mol. The van der Waals surface area contributed by atoms with Crippen LogP contribution < -0.4 is 5.11 Å². The number of nitrogens with zero attached hydrogens (tertiary/aromatic N) is 1. The Labute approximate surface area is 82.9 Å². The van der Waals surface area contributed by atoms with E-state index >= 15 is 0 Å². The Morgan fingerprint density at radius 3 is 2.71 bits per heavy atom.